The lowest BCUT2D eigenvalue weighted by Gasteiger charge is -2.26. The summed E-state index contributed by atoms with van der Waals surface area (Å²) < 4.78 is 15.7. The molecular weight excluding hydrogens is 312 g/mol. The van der Waals surface area contributed by atoms with Crippen molar-refractivity contribution in [1.29, 1.82) is 0 Å². The minimum absolute atomic E-state index is 0.414. The van der Waals surface area contributed by atoms with Gasteiger partial charge in [0.05, 0.1) is 18.6 Å². The van der Waals surface area contributed by atoms with Gasteiger partial charge in [-0.05, 0) is 25.1 Å². The standard InChI is InChI=1S/C16H22N4O4/c1-17-16(21)23-12-3-4-13-14(11-12)24-19-15(13)18-5-2-6-20-7-9-22-10-8-20/h3-4,11H,2,5-10H2,1H3,(H,17,21)(H,18,19). The van der Waals surface area contributed by atoms with E-state index in [1.54, 1.807) is 12.1 Å². The van der Waals surface area contributed by atoms with Crippen LogP contribution in [0.25, 0.3) is 11.0 Å². The van der Waals surface area contributed by atoms with Crippen LogP contribution in [0.2, 0.25) is 0 Å². The third-order valence-corrected chi connectivity index (χ3v) is 3.91. The Hall–Kier alpha value is -2.32. The molecule has 0 bridgehead atoms. The Balaban J connectivity index is 1.52. The predicted molar refractivity (Wildman–Crippen MR) is 89.5 cm³/mol. The summed E-state index contributed by atoms with van der Waals surface area (Å²) in [6, 6.07) is 5.19. The summed E-state index contributed by atoms with van der Waals surface area (Å²) in [6.45, 7) is 5.50. The number of hydrogen-bond acceptors (Lipinski definition) is 7. The summed E-state index contributed by atoms with van der Waals surface area (Å²) in [5.41, 5.74) is 0.576. The molecule has 0 aliphatic carbocycles. The molecule has 24 heavy (non-hydrogen) atoms. The third-order valence-electron chi connectivity index (χ3n) is 3.91. The number of ether oxygens (including phenoxy) is 2. The maximum Gasteiger partial charge on any atom is 0.412 e. The Bertz CT molecular complexity index is 682. The van der Waals surface area contributed by atoms with Crippen LogP contribution in [0, 0.1) is 0 Å². The smallest absolute Gasteiger partial charge is 0.410 e. The molecule has 0 spiro atoms. The van der Waals surface area contributed by atoms with Gasteiger partial charge in [0.25, 0.3) is 0 Å². The number of anilines is 1. The zero-order chi connectivity index (χ0) is 16.8. The molecule has 1 aromatic heterocycles. The first kappa shape index (κ1) is 16.5. The summed E-state index contributed by atoms with van der Waals surface area (Å²) in [4.78, 5) is 13.6. The van der Waals surface area contributed by atoms with E-state index in [2.05, 4.69) is 20.7 Å². The number of amides is 1. The number of carbonyl (C=O) groups excluding carboxylic acids is 1. The van der Waals surface area contributed by atoms with Crippen LogP contribution >= 0.6 is 0 Å². The quantitative estimate of drug-likeness (QED) is 0.777. The fraction of sp³-hybridized carbons (Fsp3) is 0.500. The molecule has 1 aliphatic heterocycles. The molecule has 0 unspecified atom stereocenters. The first-order valence-electron chi connectivity index (χ1n) is 8.09. The molecule has 2 N–H and O–H groups in total. The first-order chi connectivity index (χ1) is 11.8. The van der Waals surface area contributed by atoms with Crippen molar-refractivity contribution in [2.45, 2.75) is 6.42 Å². The van der Waals surface area contributed by atoms with Crippen molar-refractivity contribution in [3.8, 4) is 5.75 Å². The summed E-state index contributed by atoms with van der Waals surface area (Å²) in [7, 11) is 1.51. The van der Waals surface area contributed by atoms with Crippen molar-refractivity contribution < 1.29 is 18.8 Å². The Kier molecular flexibility index (Phi) is 5.50. The van der Waals surface area contributed by atoms with Crippen LogP contribution in [-0.4, -0.2) is 62.6 Å². The minimum atomic E-state index is -0.518. The summed E-state index contributed by atoms with van der Waals surface area (Å²) in [5.74, 6) is 1.12. The number of rotatable bonds is 6. The number of nitrogens with zero attached hydrogens (tertiary/aromatic N) is 2. The van der Waals surface area contributed by atoms with E-state index in [4.69, 9.17) is 14.0 Å². The number of aromatic nitrogens is 1. The molecule has 1 aromatic carbocycles. The lowest BCUT2D eigenvalue weighted by molar-refractivity contribution is 0.0378. The average molecular weight is 334 g/mol. The highest BCUT2D eigenvalue weighted by Crippen LogP contribution is 2.26. The number of hydrogen-bond donors (Lipinski definition) is 2. The SMILES string of the molecule is CNC(=O)Oc1ccc2c(NCCCN3CCOCC3)noc2c1. The molecule has 2 aromatic rings. The van der Waals surface area contributed by atoms with E-state index in [1.165, 1.54) is 7.05 Å². The molecule has 1 saturated heterocycles. The highest BCUT2D eigenvalue weighted by atomic mass is 16.6. The third kappa shape index (κ3) is 4.15. The maximum absolute atomic E-state index is 11.2. The normalized spacial score (nSPS) is 15.4. The molecule has 0 radical (unpaired) electrons. The lowest BCUT2D eigenvalue weighted by Crippen LogP contribution is -2.37. The second kappa shape index (κ2) is 7.98. The van der Waals surface area contributed by atoms with Crippen LogP contribution in [0.15, 0.2) is 22.7 Å². The second-order valence-corrected chi connectivity index (χ2v) is 5.56. The van der Waals surface area contributed by atoms with E-state index in [-0.39, 0.29) is 0 Å². The minimum Gasteiger partial charge on any atom is -0.410 e. The summed E-state index contributed by atoms with van der Waals surface area (Å²) in [6.07, 6.45) is 0.502. The van der Waals surface area contributed by atoms with Crippen LogP contribution in [-0.2, 0) is 4.74 Å². The fourth-order valence-corrected chi connectivity index (χ4v) is 2.60. The van der Waals surface area contributed by atoms with Gasteiger partial charge in [-0.15, -0.1) is 0 Å². The molecule has 2 heterocycles. The van der Waals surface area contributed by atoms with Crippen LogP contribution in [0.1, 0.15) is 6.42 Å². The van der Waals surface area contributed by atoms with Crippen LogP contribution in [0.5, 0.6) is 5.75 Å². The topological polar surface area (TPSA) is 88.9 Å². The largest absolute Gasteiger partial charge is 0.412 e. The monoisotopic (exact) mass is 334 g/mol. The van der Waals surface area contributed by atoms with E-state index < -0.39 is 6.09 Å². The Morgan fingerprint density at radius 2 is 2.21 bits per heavy atom. The fourth-order valence-electron chi connectivity index (χ4n) is 2.60. The summed E-state index contributed by atoms with van der Waals surface area (Å²) >= 11 is 0. The molecule has 0 saturated carbocycles. The van der Waals surface area contributed by atoms with Crippen LogP contribution in [0.4, 0.5) is 10.6 Å². The Labute approximate surface area is 140 Å². The van der Waals surface area contributed by atoms with E-state index in [9.17, 15) is 4.79 Å². The maximum atomic E-state index is 11.2. The molecule has 130 valence electrons. The van der Waals surface area contributed by atoms with Gasteiger partial charge in [-0.25, -0.2) is 4.79 Å². The molecule has 1 aliphatic rings. The van der Waals surface area contributed by atoms with Gasteiger partial charge < -0.3 is 24.6 Å². The molecular formula is C16H22N4O4. The van der Waals surface area contributed by atoms with Crippen molar-refractivity contribution in [3.63, 3.8) is 0 Å². The first-order valence-corrected chi connectivity index (χ1v) is 8.09. The number of morpholine rings is 1. The van der Waals surface area contributed by atoms with Crippen molar-refractivity contribution in [2.75, 3.05) is 51.8 Å². The number of nitrogens with one attached hydrogen (secondary N) is 2. The van der Waals surface area contributed by atoms with Crippen LogP contribution in [0.3, 0.4) is 0 Å². The molecule has 8 nitrogen and oxygen atoms in total. The van der Waals surface area contributed by atoms with Gasteiger partial charge in [0.1, 0.15) is 5.75 Å². The highest BCUT2D eigenvalue weighted by molar-refractivity contribution is 5.89. The number of fused-ring (bicyclic) bond motifs is 1. The van der Waals surface area contributed by atoms with Gasteiger partial charge in [-0.2, -0.15) is 0 Å². The van der Waals surface area contributed by atoms with E-state index in [0.717, 1.165) is 51.2 Å². The van der Waals surface area contributed by atoms with Gasteiger partial charge in [0.2, 0.25) is 0 Å². The van der Waals surface area contributed by atoms with Crippen molar-refractivity contribution >= 4 is 22.9 Å². The number of benzene rings is 1. The van der Waals surface area contributed by atoms with Crippen molar-refractivity contribution in [3.05, 3.63) is 18.2 Å². The van der Waals surface area contributed by atoms with Gasteiger partial charge in [-0.3, -0.25) is 4.90 Å². The second-order valence-electron chi connectivity index (χ2n) is 5.56. The van der Waals surface area contributed by atoms with Gasteiger partial charge in [-0.1, -0.05) is 5.16 Å². The number of carbonyl (C=O) groups is 1. The van der Waals surface area contributed by atoms with Gasteiger partial charge >= 0.3 is 6.09 Å². The van der Waals surface area contributed by atoms with Gasteiger partial charge in [0, 0.05) is 32.7 Å². The lowest BCUT2D eigenvalue weighted by atomic mass is 10.2. The molecule has 1 fully saturated rings. The van der Waals surface area contributed by atoms with Crippen molar-refractivity contribution in [1.82, 2.24) is 15.4 Å². The predicted octanol–water partition coefficient (Wildman–Crippen LogP) is 1.68. The van der Waals surface area contributed by atoms with Crippen LogP contribution < -0.4 is 15.4 Å². The van der Waals surface area contributed by atoms with E-state index in [0.29, 0.717) is 17.2 Å². The molecule has 1 amide bonds. The van der Waals surface area contributed by atoms with E-state index >= 15 is 0 Å². The Morgan fingerprint density at radius 1 is 1.38 bits per heavy atom. The molecule has 8 heteroatoms. The summed E-state index contributed by atoms with van der Waals surface area (Å²) in [5, 5.41) is 10.6. The zero-order valence-corrected chi connectivity index (χ0v) is 13.7. The molecule has 0 atom stereocenters. The van der Waals surface area contributed by atoms with E-state index in [1.807, 2.05) is 6.07 Å². The highest BCUT2D eigenvalue weighted by Gasteiger charge is 2.12. The Morgan fingerprint density at radius 3 is 3.00 bits per heavy atom. The zero-order valence-electron chi connectivity index (χ0n) is 13.7. The molecule has 3 rings (SSSR count). The van der Waals surface area contributed by atoms with Gasteiger partial charge in [0.15, 0.2) is 11.4 Å². The van der Waals surface area contributed by atoms with Crippen molar-refractivity contribution in [2.24, 2.45) is 0 Å². The average Bonchev–Trinajstić information content (AvgIpc) is 3.02.